The average Bonchev–Trinajstić information content (AvgIpc) is 2.73. The number of hydrogen-bond donors (Lipinski definition) is 1. The summed E-state index contributed by atoms with van der Waals surface area (Å²) in [6.45, 7) is 7.44. The van der Waals surface area contributed by atoms with Crippen molar-refractivity contribution in [1.82, 2.24) is 4.90 Å². The first-order chi connectivity index (χ1) is 13.7. The SMILES string of the molecule is C=CCc1c(O)c(CN2CCOCC2)cc2cc(-c3ccccc3)c(=O)oc12. The number of aromatic hydroxyl groups is 1. The van der Waals surface area contributed by atoms with Crippen LogP contribution in [0.1, 0.15) is 11.1 Å². The predicted octanol–water partition coefficient (Wildman–Crippen LogP) is 3.73. The number of morpholine rings is 1. The molecular formula is C23H23NO4. The van der Waals surface area contributed by atoms with Gasteiger partial charge in [0.05, 0.1) is 18.8 Å². The molecule has 144 valence electrons. The average molecular weight is 377 g/mol. The molecule has 0 aliphatic carbocycles. The van der Waals surface area contributed by atoms with E-state index in [1.165, 1.54) is 0 Å². The summed E-state index contributed by atoms with van der Waals surface area (Å²) in [7, 11) is 0. The minimum absolute atomic E-state index is 0.175. The second-order valence-corrected chi connectivity index (χ2v) is 6.98. The largest absolute Gasteiger partial charge is 0.507 e. The number of hydrogen-bond acceptors (Lipinski definition) is 5. The van der Waals surface area contributed by atoms with E-state index in [1.54, 1.807) is 6.08 Å². The van der Waals surface area contributed by atoms with Crippen LogP contribution in [-0.2, 0) is 17.7 Å². The van der Waals surface area contributed by atoms with Crippen molar-refractivity contribution in [2.24, 2.45) is 0 Å². The van der Waals surface area contributed by atoms with Gasteiger partial charge in [0.15, 0.2) is 0 Å². The van der Waals surface area contributed by atoms with Crippen LogP contribution in [-0.4, -0.2) is 36.3 Å². The Labute approximate surface area is 163 Å². The van der Waals surface area contributed by atoms with Crippen LogP contribution in [0.25, 0.3) is 22.1 Å². The van der Waals surface area contributed by atoms with Crippen molar-refractivity contribution in [3.63, 3.8) is 0 Å². The molecule has 1 N–H and O–H groups in total. The zero-order valence-corrected chi connectivity index (χ0v) is 15.7. The number of allylic oxidation sites excluding steroid dienone is 1. The van der Waals surface area contributed by atoms with Crippen molar-refractivity contribution in [2.75, 3.05) is 26.3 Å². The van der Waals surface area contributed by atoms with Gasteiger partial charge in [0.2, 0.25) is 0 Å². The second kappa shape index (κ2) is 8.00. The molecule has 1 fully saturated rings. The molecule has 2 aromatic carbocycles. The van der Waals surface area contributed by atoms with Gasteiger partial charge in [-0.1, -0.05) is 36.4 Å². The fourth-order valence-corrected chi connectivity index (χ4v) is 3.66. The van der Waals surface area contributed by atoms with Gasteiger partial charge in [0.25, 0.3) is 0 Å². The molecule has 0 atom stereocenters. The van der Waals surface area contributed by atoms with E-state index >= 15 is 0 Å². The third-order valence-corrected chi connectivity index (χ3v) is 5.10. The van der Waals surface area contributed by atoms with Gasteiger partial charge in [-0.3, -0.25) is 4.90 Å². The highest BCUT2D eigenvalue weighted by Gasteiger charge is 2.19. The van der Waals surface area contributed by atoms with Gasteiger partial charge in [0, 0.05) is 36.1 Å². The van der Waals surface area contributed by atoms with Crippen LogP contribution in [0.4, 0.5) is 0 Å². The topological polar surface area (TPSA) is 62.9 Å². The molecule has 0 amide bonds. The predicted molar refractivity (Wildman–Crippen MR) is 110 cm³/mol. The molecule has 1 aliphatic heterocycles. The first-order valence-corrected chi connectivity index (χ1v) is 9.45. The number of ether oxygens (including phenoxy) is 1. The normalized spacial score (nSPS) is 15.0. The van der Waals surface area contributed by atoms with Crippen molar-refractivity contribution in [3.05, 3.63) is 76.7 Å². The molecule has 5 nitrogen and oxygen atoms in total. The van der Waals surface area contributed by atoms with Crippen LogP contribution < -0.4 is 5.63 Å². The Kier molecular flexibility index (Phi) is 5.28. The maximum atomic E-state index is 12.6. The summed E-state index contributed by atoms with van der Waals surface area (Å²) in [4.78, 5) is 14.9. The maximum absolute atomic E-state index is 12.6. The fourth-order valence-electron chi connectivity index (χ4n) is 3.66. The minimum atomic E-state index is -0.413. The number of fused-ring (bicyclic) bond motifs is 1. The number of phenols is 1. The van der Waals surface area contributed by atoms with Gasteiger partial charge < -0.3 is 14.3 Å². The van der Waals surface area contributed by atoms with E-state index in [4.69, 9.17) is 9.15 Å². The van der Waals surface area contributed by atoms with Crippen molar-refractivity contribution < 1.29 is 14.3 Å². The van der Waals surface area contributed by atoms with Crippen LogP contribution in [0.3, 0.4) is 0 Å². The fraction of sp³-hybridized carbons (Fsp3) is 0.261. The van der Waals surface area contributed by atoms with E-state index in [-0.39, 0.29) is 5.75 Å². The second-order valence-electron chi connectivity index (χ2n) is 6.98. The van der Waals surface area contributed by atoms with Crippen LogP contribution in [0.15, 0.2) is 64.3 Å². The van der Waals surface area contributed by atoms with Gasteiger partial charge >= 0.3 is 5.63 Å². The summed E-state index contributed by atoms with van der Waals surface area (Å²) in [6.07, 6.45) is 2.13. The molecule has 5 heteroatoms. The monoisotopic (exact) mass is 377 g/mol. The third kappa shape index (κ3) is 3.59. The molecule has 0 bridgehead atoms. The number of nitrogens with zero attached hydrogens (tertiary/aromatic N) is 1. The van der Waals surface area contributed by atoms with Crippen LogP contribution in [0.2, 0.25) is 0 Å². The molecule has 0 spiro atoms. The molecule has 2 heterocycles. The summed E-state index contributed by atoms with van der Waals surface area (Å²) in [5.41, 5.74) is 2.76. The highest BCUT2D eigenvalue weighted by atomic mass is 16.5. The minimum Gasteiger partial charge on any atom is -0.507 e. The third-order valence-electron chi connectivity index (χ3n) is 5.10. The number of phenolic OH excluding ortho intramolecular Hbond substituents is 1. The Balaban J connectivity index is 1.86. The molecule has 0 unspecified atom stereocenters. The first kappa shape index (κ1) is 18.5. The zero-order valence-electron chi connectivity index (χ0n) is 15.7. The molecule has 4 rings (SSSR count). The van der Waals surface area contributed by atoms with Gasteiger partial charge in [-0.2, -0.15) is 0 Å². The quantitative estimate of drug-likeness (QED) is 0.542. The standard InChI is InChI=1S/C23H23NO4/c1-2-6-19-21(25)18(15-24-9-11-27-12-10-24)13-17-14-20(23(26)28-22(17)19)16-7-4-3-5-8-16/h2-5,7-8,13-14,25H,1,6,9-12,15H2. The lowest BCUT2D eigenvalue weighted by atomic mass is 9.99. The molecule has 0 radical (unpaired) electrons. The van der Waals surface area contributed by atoms with Crippen molar-refractivity contribution in [2.45, 2.75) is 13.0 Å². The lowest BCUT2D eigenvalue weighted by Crippen LogP contribution is -2.35. The smallest absolute Gasteiger partial charge is 0.344 e. The first-order valence-electron chi connectivity index (χ1n) is 9.45. The van der Waals surface area contributed by atoms with E-state index in [0.29, 0.717) is 42.9 Å². The van der Waals surface area contributed by atoms with Gasteiger partial charge in [-0.15, -0.1) is 6.58 Å². The molecule has 3 aromatic rings. The Hall–Kier alpha value is -2.89. The van der Waals surface area contributed by atoms with Crippen molar-refractivity contribution in [1.29, 1.82) is 0 Å². The van der Waals surface area contributed by atoms with E-state index in [9.17, 15) is 9.90 Å². The molecule has 28 heavy (non-hydrogen) atoms. The summed E-state index contributed by atoms with van der Waals surface area (Å²) in [6, 6.07) is 13.2. The van der Waals surface area contributed by atoms with E-state index in [0.717, 1.165) is 29.6 Å². The summed E-state index contributed by atoms with van der Waals surface area (Å²) < 4.78 is 11.1. The van der Waals surface area contributed by atoms with Gasteiger partial charge in [-0.25, -0.2) is 4.79 Å². The lowest BCUT2D eigenvalue weighted by molar-refractivity contribution is 0.0339. The van der Waals surface area contributed by atoms with Crippen LogP contribution >= 0.6 is 0 Å². The summed E-state index contributed by atoms with van der Waals surface area (Å²) in [5, 5.41) is 11.7. The Morgan fingerprint density at radius 1 is 1.14 bits per heavy atom. The maximum Gasteiger partial charge on any atom is 0.344 e. The van der Waals surface area contributed by atoms with Gasteiger partial charge in [-0.05, 0) is 24.1 Å². The lowest BCUT2D eigenvalue weighted by Gasteiger charge is -2.27. The Bertz CT molecular complexity index is 1050. The molecule has 0 saturated carbocycles. The van der Waals surface area contributed by atoms with Crippen LogP contribution in [0, 0.1) is 0 Å². The van der Waals surface area contributed by atoms with E-state index in [2.05, 4.69) is 11.5 Å². The number of benzene rings is 2. The van der Waals surface area contributed by atoms with E-state index in [1.807, 2.05) is 42.5 Å². The Morgan fingerprint density at radius 2 is 1.89 bits per heavy atom. The van der Waals surface area contributed by atoms with Crippen molar-refractivity contribution in [3.8, 4) is 16.9 Å². The zero-order chi connectivity index (χ0) is 19.5. The molecule has 1 saturated heterocycles. The van der Waals surface area contributed by atoms with Crippen LogP contribution in [0.5, 0.6) is 5.75 Å². The van der Waals surface area contributed by atoms with Gasteiger partial charge in [0.1, 0.15) is 11.3 Å². The summed E-state index contributed by atoms with van der Waals surface area (Å²) in [5.74, 6) is 0.175. The molecular weight excluding hydrogens is 354 g/mol. The Morgan fingerprint density at radius 3 is 2.61 bits per heavy atom. The highest BCUT2D eigenvalue weighted by Crippen LogP contribution is 2.34. The van der Waals surface area contributed by atoms with Crippen molar-refractivity contribution >= 4 is 11.0 Å². The highest BCUT2D eigenvalue weighted by molar-refractivity contribution is 5.87. The van der Waals surface area contributed by atoms with E-state index < -0.39 is 5.63 Å². The molecule has 1 aliphatic rings. The molecule has 1 aromatic heterocycles. The summed E-state index contributed by atoms with van der Waals surface area (Å²) >= 11 is 0. The number of rotatable bonds is 5.